The Morgan fingerprint density at radius 2 is 1.07 bits per heavy atom. The summed E-state index contributed by atoms with van der Waals surface area (Å²) in [5.74, 6) is 0. The molecule has 1 rings (SSSR count). The second-order valence-electron chi connectivity index (χ2n) is 8.51. The van der Waals surface area contributed by atoms with E-state index in [4.69, 9.17) is 0 Å². The van der Waals surface area contributed by atoms with E-state index in [0.717, 1.165) is 6.54 Å². The smallest absolute Gasteiger partial charge is 0.0207 e. The van der Waals surface area contributed by atoms with Crippen LogP contribution < -0.4 is 5.32 Å². The summed E-state index contributed by atoms with van der Waals surface area (Å²) in [5, 5.41) is 3.65. The van der Waals surface area contributed by atoms with Crippen molar-refractivity contribution in [2.45, 2.75) is 129 Å². The highest BCUT2D eigenvalue weighted by atomic mass is 14.9. The van der Waals surface area contributed by atoms with Gasteiger partial charge >= 0.3 is 0 Å². The molecule has 1 atom stereocenters. The molecule has 0 fully saturated rings. The van der Waals surface area contributed by atoms with E-state index in [1.54, 1.807) is 0 Å². The predicted octanol–water partition coefficient (Wildman–Crippen LogP) is 8.43. The highest BCUT2D eigenvalue weighted by Gasteiger charge is 2.01. The van der Waals surface area contributed by atoms with Gasteiger partial charge in [0, 0.05) is 12.6 Å². The van der Waals surface area contributed by atoms with Crippen LogP contribution >= 0.6 is 0 Å². The Morgan fingerprint density at radius 3 is 1.56 bits per heavy atom. The minimum absolute atomic E-state index is 0.632. The van der Waals surface area contributed by atoms with Crippen molar-refractivity contribution in [3.63, 3.8) is 0 Å². The molecule has 0 amide bonds. The molecule has 0 aliphatic rings. The molecule has 27 heavy (non-hydrogen) atoms. The van der Waals surface area contributed by atoms with Crippen molar-refractivity contribution in [3.8, 4) is 0 Å². The maximum absolute atomic E-state index is 3.65. The normalized spacial score (nSPS) is 12.4. The van der Waals surface area contributed by atoms with Gasteiger partial charge < -0.3 is 5.32 Å². The van der Waals surface area contributed by atoms with Gasteiger partial charge in [0.15, 0.2) is 0 Å². The summed E-state index contributed by atoms with van der Waals surface area (Å²) >= 11 is 0. The second kappa shape index (κ2) is 18.5. The molecule has 1 aromatic carbocycles. The SMILES string of the molecule is CCCCCCCCCCCCCCCCCC(C)NCc1ccccc1. The van der Waals surface area contributed by atoms with Crippen LogP contribution in [0.4, 0.5) is 0 Å². The summed E-state index contributed by atoms with van der Waals surface area (Å²) in [4.78, 5) is 0. The molecule has 1 heteroatoms. The van der Waals surface area contributed by atoms with Gasteiger partial charge in [0.05, 0.1) is 0 Å². The van der Waals surface area contributed by atoms with E-state index in [9.17, 15) is 0 Å². The average Bonchev–Trinajstić information content (AvgIpc) is 2.70. The standard InChI is InChI=1S/C26H47N/c1-3-4-5-6-7-8-9-10-11-12-13-14-15-16-18-21-25(2)27-24-26-22-19-17-20-23-26/h17,19-20,22-23,25,27H,3-16,18,21,24H2,1-2H3. The van der Waals surface area contributed by atoms with Gasteiger partial charge in [-0.2, -0.15) is 0 Å². The van der Waals surface area contributed by atoms with Crippen LogP contribution in [0, 0.1) is 0 Å². The Balaban J connectivity index is 1.76. The number of unbranched alkanes of at least 4 members (excludes halogenated alkanes) is 14. The molecule has 1 unspecified atom stereocenters. The van der Waals surface area contributed by atoms with Crippen LogP contribution in [0.2, 0.25) is 0 Å². The molecule has 0 heterocycles. The molecule has 1 nitrogen and oxygen atoms in total. The maximum Gasteiger partial charge on any atom is 0.0207 e. The van der Waals surface area contributed by atoms with E-state index >= 15 is 0 Å². The first-order chi connectivity index (χ1) is 13.3. The minimum Gasteiger partial charge on any atom is -0.310 e. The van der Waals surface area contributed by atoms with Gasteiger partial charge in [-0.05, 0) is 18.9 Å². The topological polar surface area (TPSA) is 12.0 Å². The number of nitrogens with one attached hydrogen (secondary N) is 1. The zero-order chi connectivity index (χ0) is 19.4. The zero-order valence-electron chi connectivity index (χ0n) is 18.5. The molecule has 156 valence electrons. The van der Waals surface area contributed by atoms with Crippen LogP contribution in [0.15, 0.2) is 30.3 Å². The van der Waals surface area contributed by atoms with Gasteiger partial charge in [0.2, 0.25) is 0 Å². The van der Waals surface area contributed by atoms with Crippen molar-refractivity contribution in [1.29, 1.82) is 0 Å². The van der Waals surface area contributed by atoms with Crippen molar-refractivity contribution in [2.75, 3.05) is 0 Å². The summed E-state index contributed by atoms with van der Waals surface area (Å²) < 4.78 is 0. The molecular weight excluding hydrogens is 326 g/mol. The van der Waals surface area contributed by atoms with Crippen LogP contribution in [0.3, 0.4) is 0 Å². The fraction of sp³-hybridized carbons (Fsp3) is 0.769. The first kappa shape index (κ1) is 24.2. The van der Waals surface area contributed by atoms with Crippen LogP contribution in [0.25, 0.3) is 0 Å². The van der Waals surface area contributed by atoms with Crippen molar-refractivity contribution < 1.29 is 0 Å². The molecule has 0 saturated heterocycles. The quantitative estimate of drug-likeness (QED) is 0.240. The monoisotopic (exact) mass is 373 g/mol. The number of rotatable bonds is 19. The number of benzene rings is 1. The fourth-order valence-electron chi connectivity index (χ4n) is 3.81. The fourth-order valence-corrected chi connectivity index (χ4v) is 3.81. The van der Waals surface area contributed by atoms with E-state index in [1.807, 2.05) is 0 Å². The summed E-state index contributed by atoms with van der Waals surface area (Å²) in [6.45, 7) is 5.62. The molecule has 1 aromatic rings. The van der Waals surface area contributed by atoms with Crippen molar-refractivity contribution in [3.05, 3.63) is 35.9 Å². The third-order valence-corrected chi connectivity index (χ3v) is 5.74. The highest BCUT2D eigenvalue weighted by molar-refractivity contribution is 5.14. The highest BCUT2D eigenvalue weighted by Crippen LogP contribution is 2.14. The second-order valence-corrected chi connectivity index (χ2v) is 8.51. The Kier molecular flexibility index (Phi) is 16.6. The molecule has 0 aliphatic carbocycles. The van der Waals surface area contributed by atoms with Crippen molar-refractivity contribution in [2.24, 2.45) is 0 Å². The average molecular weight is 374 g/mol. The van der Waals surface area contributed by atoms with Gasteiger partial charge in [0.25, 0.3) is 0 Å². The van der Waals surface area contributed by atoms with Crippen LogP contribution in [-0.2, 0) is 6.54 Å². The third kappa shape index (κ3) is 15.9. The lowest BCUT2D eigenvalue weighted by Gasteiger charge is -2.13. The third-order valence-electron chi connectivity index (χ3n) is 5.74. The van der Waals surface area contributed by atoms with Crippen molar-refractivity contribution >= 4 is 0 Å². The summed E-state index contributed by atoms with van der Waals surface area (Å²) in [6, 6.07) is 11.4. The lowest BCUT2D eigenvalue weighted by Crippen LogP contribution is -2.25. The predicted molar refractivity (Wildman–Crippen MR) is 122 cm³/mol. The lowest BCUT2D eigenvalue weighted by atomic mass is 10.0. The maximum atomic E-state index is 3.65. The molecule has 0 radical (unpaired) electrons. The summed E-state index contributed by atoms with van der Waals surface area (Å²) in [7, 11) is 0. The molecule has 0 spiro atoms. The van der Waals surface area contributed by atoms with Crippen LogP contribution in [0.5, 0.6) is 0 Å². The lowest BCUT2D eigenvalue weighted by molar-refractivity contribution is 0.474. The van der Waals surface area contributed by atoms with Gasteiger partial charge in [0.1, 0.15) is 0 Å². The Hall–Kier alpha value is -0.820. The van der Waals surface area contributed by atoms with Crippen LogP contribution in [-0.4, -0.2) is 6.04 Å². The van der Waals surface area contributed by atoms with Crippen molar-refractivity contribution in [1.82, 2.24) is 5.32 Å². The van der Waals surface area contributed by atoms with Gasteiger partial charge in [-0.15, -0.1) is 0 Å². The Labute approximate surface area is 170 Å². The molecule has 0 aromatic heterocycles. The largest absolute Gasteiger partial charge is 0.310 e. The number of hydrogen-bond donors (Lipinski definition) is 1. The summed E-state index contributed by atoms with van der Waals surface area (Å²) in [6.07, 6.45) is 23.0. The van der Waals surface area contributed by atoms with Crippen LogP contribution in [0.1, 0.15) is 122 Å². The van der Waals surface area contributed by atoms with Gasteiger partial charge in [-0.1, -0.05) is 134 Å². The molecule has 1 N–H and O–H groups in total. The minimum atomic E-state index is 0.632. The zero-order valence-corrected chi connectivity index (χ0v) is 18.5. The molecule has 0 bridgehead atoms. The Morgan fingerprint density at radius 1 is 0.630 bits per heavy atom. The molecule has 0 saturated carbocycles. The van der Waals surface area contributed by atoms with E-state index in [1.165, 1.54) is 108 Å². The van der Waals surface area contributed by atoms with Gasteiger partial charge in [-0.25, -0.2) is 0 Å². The Bertz CT molecular complexity index is 400. The van der Waals surface area contributed by atoms with E-state index in [-0.39, 0.29) is 0 Å². The molecular formula is C26H47N. The number of hydrogen-bond acceptors (Lipinski definition) is 1. The van der Waals surface area contributed by atoms with Gasteiger partial charge in [-0.3, -0.25) is 0 Å². The van der Waals surface area contributed by atoms with E-state index in [0.29, 0.717) is 6.04 Å². The first-order valence-corrected chi connectivity index (χ1v) is 12.1. The molecule has 0 aliphatic heterocycles. The van der Waals surface area contributed by atoms with E-state index < -0.39 is 0 Å². The van der Waals surface area contributed by atoms with E-state index in [2.05, 4.69) is 49.5 Å². The summed E-state index contributed by atoms with van der Waals surface area (Å²) in [5.41, 5.74) is 1.39. The first-order valence-electron chi connectivity index (χ1n) is 12.1.